The maximum Gasteiger partial charge on any atom is 0.368 e. The van der Waals surface area contributed by atoms with Gasteiger partial charge in [0.25, 0.3) is 5.56 Å². The fourth-order valence-electron chi connectivity index (χ4n) is 1.71. The van der Waals surface area contributed by atoms with Crippen LogP contribution in [0.3, 0.4) is 0 Å². The number of esters is 1. The van der Waals surface area contributed by atoms with Gasteiger partial charge in [-0.05, 0) is 31.2 Å². The van der Waals surface area contributed by atoms with E-state index in [1.165, 1.54) is 12.1 Å². The van der Waals surface area contributed by atoms with Gasteiger partial charge in [0.2, 0.25) is 0 Å². The number of halogens is 1. The summed E-state index contributed by atoms with van der Waals surface area (Å²) < 4.78 is 18.2. The van der Waals surface area contributed by atoms with E-state index in [1.807, 2.05) is 0 Å². The lowest BCUT2D eigenvalue weighted by Gasteiger charge is -2.08. The van der Waals surface area contributed by atoms with E-state index >= 15 is 0 Å². The second-order valence-corrected chi connectivity index (χ2v) is 4.01. The van der Waals surface area contributed by atoms with Gasteiger partial charge in [0.15, 0.2) is 0 Å². The standard InChI is InChI=1S/C13H11FN2O5/c1-2-21-12(18)10-7-15(20)13(19)16(11(10)17)9-5-3-8(14)4-6-9/h3-7,20H,2H2,1H3. The molecular weight excluding hydrogens is 283 g/mol. The Balaban J connectivity index is 2.71. The number of carbonyl (C=O) groups is 1. The molecule has 8 heteroatoms. The summed E-state index contributed by atoms with van der Waals surface area (Å²) in [4.78, 5) is 35.7. The second-order valence-electron chi connectivity index (χ2n) is 4.01. The van der Waals surface area contributed by atoms with Gasteiger partial charge < -0.3 is 9.94 Å². The molecule has 2 aromatic rings. The number of hydrogen-bond donors (Lipinski definition) is 1. The molecule has 1 heterocycles. The highest BCUT2D eigenvalue weighted by molar-refractivity contribution is 5.88. The van der Waals surface area contributed by atoms with Crippen molar-refractivity contribution in [1.82, 2.24) is 9.30 Å². The molecule has 2 rings (SSSR count). The number of benzene rings is 1. The van der Waals surface area contributed by atoms with E-state index in [4.69, 9.17) is 0 Å². The molecule has 0 saturated heterocycles. The molecule has 0 fully saturated rings. The number of ether oxygens (including phenoxy) is 1. The van der Waals surface area contributed by atoms with E-state index in [0.717, 1.165) is 12.1 Å². The molecule has 110 valence electrons. The lowest BCUT2D eigenvalue weighted by atomic mass is 10.3. The summed E-state index contributed by atoms with van der Waals surface area (Å²) in [5.74, 6) is -1.53. The number of aromatic nitrogens is 2. The van der Waals surface area contributed by atoms with Gasteiger partial charge in [-0.3, -0.25) is 4.79 Å². The van der Waals surface area contributed by atoms with Crippen molar-refractivity contribution in [2.45, 2.75) is 6.92 Å². The van der Waals surface area contributed by atoms with Gasteiger partial charge >= 0.3 is 11.7 Å². The van der Waals surface area contributed by atoms with Crippen LogP contribution in [0.15, 0.2) is 40.1 Å². The van der Waals surface area contributed by atoms with Gasteiger partial charge in [-0.25, -0.2) is 18.5 Å². The van der Waals surface area contributed by atoms with Gasteiger partial charge in [-0.1, -0.05) is 0 Å². The SMILES string of the molecule is CCOC(=O)c1cn(O)c(=O)n(-c2ccc(F)cc2)c1=O. The highest BCUT2D eigenvalue weighted by atomic mass is 19.1. The maximum absolute atomic E-state index is 12.9. The molecule has 1 aromatic carbocycles. The third-order valence-electron chi connectivity index (χ3n) is 2.65. The molecule has 0 radical (unpaired) electrons. The summed E-state index contributed by atoms with van der Waals surface area (Å²) in [6, 6.07) is 4.43. The van der Waals surface area contributed by atoms with Crippen LogP contribution in [-0.2, 0) is 4.74 Å². The van der Waals surface area contributed by atoms with E-state index in [2.05, 4.69) is 4.74 Å². The molecule has 0 aliphatic heterocycles. The molecule has 1 aromatic heterocycles. The Labute approximate surface area is 117 Å². The Hall–Kier alpha value is -2.90. The van der Waals surface area contributed by atoms with Crippen LogP contribution in [0.5, 0.6) is 0 Å². The minimum atomic E-state index is -1.08. The van der Waals surface area contributed by atoms with Gasteiger partial charge in [-0.2, -0.15) is 0 Å². The zero-order valence-corrected chi connectivity index (χ0v) is 10.9. The number of hydrogen-bond acceptors (Lipinski definition) is 5. The number of rotatable bonds is 3. The molecule has 0 spiro atoms. The Morgan fingerprint density at radius 1 is 1.29 bits per heavy atom. The van der Waals surface area contributed by atoms with Crippen LogP contribution in [0.4, 0.5) is 4.39 Å². The Morgan fingerprint density at radius 2 is 1.90 bits per heavy atom. The first kappa shape index (κ1) is 14.5. The first-order valence-corrected chi connectivity index (χ1v) is 5.96. The van der Waals surface area contributed by atoms with Crippen molar-refractivity contribution in [1.29, 1.82) is 0 Å². The van der Waals surface area contributed by atoms with Gasteiger partial charge in [0.1, 0.15) is 11.4 Å². The molecule has 0 bridgehead atoms. The first-order chi connectivity index (χ1) is 9.95. The van der Waals surface area contributed by atoms with Crippen molar-refractivity contribution in [2.24, 2.45) is 0 Å². The molecular formula is C13H11FN2O5. The van der Waals surface area contributed by atoms with Crippen molar-refractivity contribution < 1.29 is 19.1 Å². The average molecular weight is 294 g/mol. The Morgan fingerprint density at radius 3 is 2.48 bits per heavy atom. The first-order valence-electron chi connectivity index (χ1n) is 5.96. The van der Waals surface area contributed by atoms with Crippen LogP contribution < -0.4 is 11.2 Å². The predicted octanol–water partition coefficient (Wildman–Crippen LogP) is 0.552. The fraction of sp³-hybridized carbons (Fsp3) is 0.154. The summed E-state index contributed by atoms with van der Waals surface area (Å²) in [5, 5.41) is 9.50. The second kappa shape index (κ2) is 5.61. The third-order valence-corrected chi connectivity index (χ3v) is 2.65. The zero-order valence-electron chi connectivity index (χ0n) is 10.9. The lowest BCUT2D eigenvalue weighted by molar-refractivity contribution is 0.0516. The lowest BCUT2D eigenvalue weighted by Crippen LogP contribution is -2.41. The van der Waals surface area contributed by atoms with Crippen LogP contribution in [-0.4, -0.2) is 27.1 Å². The third kappa shape index (κ3) is 2.69. The predicted molar refractivity (Wildman–Crippen MR) is 69.4 cm³/mol. The molecule has 0 amide bonds. The van der Waals surface area contributed by atoms with E-state index in [1.54, 1.807) is 6.92 Å². The van der Waals surface area contributed by atoms with Crippen molar-refractivity contribution in [3.05, 3.63) is 62.7 Å². The fourth-order valence-corrected chi connectivity index (χ4v) is 1.71. The van der Waals surface area contributed by atoms with Crippen LogP contribution >= 0.6 is 0 Å². The van der Waals surface area contributed by atoms with Crippen molar-refractivity contribution in [3.63, 3.8) is 0 Å². The molecule has 0 unspecified atom stereocenters. The molecule has 21 heavy (non-hydrogen) atoms. The van der Waals surface area contributed by atoms with Crippen LogP contribution in [0, 0.1) is 5.82 Å². The minimum Gasteiger partial charge on any atom is -0.462 e. The summed E-state index contributed by atoms with van der Waals surface area (Å²) >= 11 is 0. The van der Waals surface area contributed by atoms with Crippen molar-refractivity contribution in [2.75, 3.05) is 6.61 Å². The largest absolute Gasteiger partial charge is 0.462 e. The van der Waals surface area contributed by atoms with Gasteiger partial charge in [0.05, 0.1) is 18.5 Å². The van der Waals surface area contributed by atoms with E-state index in [-0.39, 0.29) is 17.0 Å². The van der Waals surface area contributed by atoms with Crippen molar-refractivity contribution >= 4 is 5.97 Å². The topological polar surface area (TPSA) is 90.5 Å². The Bertz CT molecular complexity index is 792. The number of nitrogens with zero attached hydrogens (tertiary/aromatic N) is 2. The van der Waals surface area contributed by atoms with Gasteiger partial charge in [0, 0.05) is 0 Å². The van der Waals surface area contributed by atoms with Crippen LogP contribution in [0.1, 0.15) is 17.3 Å². The average Bonchev–Trinajstić information content (AvgIpc) is 2.45. The molecule has 0 atom stereocenters. The molecule has 0 saturated carbocycles. The summed E-state index contributed by atoms with van der Waals surface area (Å²) in [6.45, 7) is 1.57. The van der Waals surface area contributed by atoms with E-state index in [9.17, 15) is 24.0 Å². The highest BCUT2D eigenvalue weighted by Gasteiger charge is 2.19. The highest BCUT2D eigenvalue weighted by Crippen LogP contribution is 2.05. The van der Waals surface area contributed by atoms with E-state index in [0.29, 0.717) is 10.8 Å². The molecule has 0 aliphatic carbocycles. The smallest absolute Gasteiger partial charge is 0.368 e. The quantitative estimate of drug-likeness (QED) is 0.659. The van der Waals surface area contributed by atoms with Crippen LogP contribution in [0.25, 0.3) is 5.69 Å². The number of carbonyl (C=O) groups excluding carboxylic acids is 1. The van der Waals surface area contributed by atoms with Gasteiger partial charge in [-0.15, -0.1) is 4.73 Å². The zero-order chi connectivity index (χ0) is 15.6. The summed E-state index contributed by atoms with van der Waals surface area (Å²) in [7, 11) is 0. The molecule has 0 aliphatic rings. The summed E-state index contributed by atoms with van der Waals surface area (Å²) in [5.41, 5.74) is -2.54. The molecule has 1 N–H and O–H groups in total. The minimum absolute atomic E-state index is 0.0142. The Kier molecular flexibility index (Phi) is 3.88. The molecule has 7 nitrogen and oxygen atoms in total. The maximum atomic E-state index is 12.9. The monoisotopic (exact) mass is 294 g/mol. The van der Waals surface area contributed by atoms with E-state index < -0.39 is 28.6 Å². The van der Waals surface area contributed by atoms with Crippen LogP contribution in [0.2, 0.25) is 0 Å². The normalized spacial score (nSPS) is 10.4. The summed E-state index contributed by atoms with van der Waals surface area (Å²) in [6.07, 6.45) is 0.683. The van der Waals surface area contributed by atoms with Crippen molar-refractivity contribution in [3.8, 4) is 5.69 Å².